The number of hydrogen-bond acceptors (Lipinski definition) is 2. The van der Waals surface area contributed by atoms with E-state index in [-0.39, 0.29) is 0 Å². The molecule has 1 fully saturated rings. The first-order valence-corrected chi connectivity index (χ1v) is 6.91. The third kappa shape index (κ3) is 3.35. The van der Waals surface area contributed by atoms with Gasteiger partial charge in [-0.15, -0.1) is 0 Å². The molecule has 0 bridgehead atoms. The minimum atomic E-state index is -0.925. The largest absolute Gasteiger partial charge is 0.478 e. The lowest BCUT2D eigenvalue weighted by molar-refractivity contribution is -0.131. The molecular weight excluding hydrogens is 294 g/mol. The minimum Gasteiger partial charge on any atom is -0.478 e. The molecule has 0 atom stereocenters. The molecule has 0 amide bonds. The molecule has 0 unspecified atom stereocenters. The Morgan fingerprint density at radius 3 is 2.61 bits per heavy atom. The van der Waals surface area contributed by atoms with E-state index in [1.54, 1.807) is 6.08 Å². The van der Waals surface area contributed by atoms with Crippen molar-refractivity contribution in [2.24, 2.45) is 0 Å². The normalized spacial score (nSPS) is 16.2. The van der Waals surface area contributed by atoms with Gasteiger partial charge in [-0.1, -0.05) is 6.07 Å². The Morgan fingerprint density at radius 2 is 2.00 bits per heavy atom. The van der Waals surface area contributed by atoms with Crippen LogP contribution in [0.15, 0.2) is 28.7 Å². The van der Waals surface area contributed by atoms with Crippen LogP contribution < -0.4 is 4.90 Å². The summed E-state index contributed by atoms with van der Waals surface area (Å²) in [6.45, 7) is 2.20. The van der Waals surface area contributed by atoms with E-state index in [1.807, 2.05) is 12.1 Å². The molecule has 4 heteroatoms. The summed E-state index contributed by atoms with van der Waals surface area (Å²) in [6.07, 6.45) is 6.56. The van der Waals surface area contributed by atoms with Gasteiger partial charge in [0.15, 0.2) is 0 Å². The highest BCUT2D eigenvalue weighted by Crippen LogP contribution is 2.29. The van der Waals surface area contributed by atoms with Crippen molar-refractivity contribution in [1.29, 1.82) is 0 Å². The van der Waals surface area contributed by atoms with E-state index in [0.29, 0.717) is 0 Å². The molecule has 96 valence electrons. The number of aliphatic carboxylic acids is 1. The molecule has 1 saturated heterocycles. The van der Waals surface area contributed by atoms with Gasteiger partial charge in [-0.05, 0) is 59.0 Å². The summed E-state index contributed by atoms with van der Waals surface area (Å²) in [5.74, 6) is -0.925. The Morgan fingerprint density at radius 1 is 1.28 bits per heavy atom. The van der Waals surface area contributed by atoms with E-state index in [4.69, 9.17) is 5.11 Å². The maximum atomic E-state index is 10.5. The van der Waals surface area contributed by atoms with Crippen LogP contribution in [0.25, 0.3) is 6.08 Å². The van der Waals surface area contributed by atoms with Gasteiger partial charge in [-0.3, -0.25) is 0 Å². The molecule has 0 aromatic heterocycles. The standard InChI is InChI=1S/C14H16BrNO2/c15-12-10-11(5-7-14(17)18)4-6-13(12)16-8-2-1-3-9-16/h4-7,10H,1-3,8-9H2,(H,17,18)/b7-5+. The van der Waals surface area contributed by atoms with E-state index < -0.39 is 5.97 Å². The van der Waals surface area contributed by atoms with Crippen molar-refractivity contribution in [3.05, 3.63) is 34.3 Å². The topological polar surface area (TPSA) is 40.5 Å². The number of hydrogen-bond donors (Lipinski definition) is 1. The summed E-state index contributed by atoms with van der Waals surface area (Å²) in [7, 11) is 0. The maximum absolute atomic E-state index is 10.5. The van der Waals surface area contributed by atoms with Gasteiger partial charge < -0.3 is 10.0 Å². The predicted octanol–water partition coefficient (Wildman–Crippen LogP) is 3.54. The highest BCUT2D eigenvalue weighted by Gasteiger charge is 2.13. The average Bonchev–Trinajstić information content (AvgIpc) is 2.37. The van der Waals surface area contributed by atoms with E-state index in [2.05, 4.69) is 26.9 Å². The van der Waals surface area contributed by atoms with Crippen molar-refractivity contribution in [2.75, 3.05) is 18.0 Å². The lowest BCUT2D eigenvalue weighted by Crippen LogP contribution is -2.29. The quantitative estimate of drug-likeness (QED) is 0.868. The number of halogens is 1. The summed E-state index contributed by atoms with van der Waals surface area (Å²) in [5.41, 5.74) is 2.09. The van der Waals surface area contributed by atoms with Crippen LogP contribution in [0.3, 0.4) is 0 Å². The molecule has 1 N–H and O–H groups in total. The molecule has 0 radical (unpaired) electrons. The van der Waals surface area contributed by atoms with E-state index in [9.17, 15) is 4.79 Å². The first kappa shape index (κ1) is 13.1. The summed E-state index contributed by atoms with van der Waals surface area (Å²) in [4.78, 5) is 12.8. The molecule has 1 aromatic rings. The van der Waals surface area contributed by atoms with E-state index in [0.717, 1.165) is 29.2 Å². The number of rotatable bonds is 3. The van der Waals surface area contributed by atoms with Crippen molar-refractivity contribution in [1.82, 2.24) is 0 Å². The molecule has 1 aromatic carbocycles. The number of carboxylic acids is 1. The Labute approximate surface area is 115 Å². The second-order valence-corrected chi connectivity index (χ2v) is 5.28. The summed E-state index contributed by atoms with van der Waals surface area (Å²) >= 11 is 3.57. The third-order valence-electron chi connectivity index (χ3n) is 3.09. The zero-order chi connectivity index (χ0) is 13.0. The van der Waals surface area contributed by atoms with Crippen LogP contribution in [0.1, 0.15) is 24.8 Å². The Bertz CT molecular complexity index is 465. The fourth-order valence-electron chi connectivity index (χ4n) is 2.19. The van der Waals surface area contributed by atoms with Crippen molar-refractivity contribution in [3.63, 3.8) is 0 Å². The zero-order valence-corrected chi connectivity index (χ0v) is 11.7. The van der Waals surface area contributed by atoms with Crippen LogP contribution in [0.5, 0.6) is 0 Å². The number of piperidine rings is 1. The highest BCUT2D eigenvalue weighted by molar-refractivity contribution is 9.10. The number of nitrogens with zero attached hydrogens (tertiary/aromatic N) is 1. The summed E-state index contributed by atoms with van der Waals surface area (Å²) < 4.78 is 1.02. The van der Waals surface area contributed by atoms with Crippen LogP contribution in [0.2, 0.25) is 0 Å². The van der Waals surface area contributed by atoms with Crippen LogP contribution in [0, 0.1) is 0 Å². The predicted molar refractivity (Wildman–Crippen MR) is 76.9 cm³/mol. The van der Waals surface area contributed by atoms with E-state index >= 15 is 0 Å². The van der Waals surface area contributed by atoms with Gasteiger partial charge >= 0.3 is 5.97 Å². The molecule has 1 aliphatic rings. The molecule has 2 rings (SSSR count). The third-order valence-corrected chi connectivity index (χ3v) is 3.72. The molecule has 3 nitrogen and oxygen atoms in total. The molecule has 0 spiro atoms. The summed E-state index contributed by atoms with van der Waals surface area (Å²) in [6, 6.07) is 5.97. The monoisotopic (exact) mass is 309 g/mol. The SMILES string of the molecule is O=C(O)/C=C/c1ccc(N2CCCCC2)c(Br)c1. The molecule has 0 aliphatic carbocycles. The minimum absolute atomic E-state index is 0.894. The molecule has 1 heterocycles. The first-order valence-electron chi connectivity index (χ1n) is 6.12. The first-order chi connectivity index (χ1) is 8.66. The van der Waals surface area contributed by atoms with Crippen molar-refractivity contribution >= 4 is 33.7 Å². The van der Waals surface area contributed by atoms with Crippen LogP contribution in [-0.4, -0.2) is 24.2 Å². The van der Waals surface area contributed by atoms with Crippen LogP contribution in [-0.2, 0) is 4.79 Å². The average molecular weight is 310 g/mol. The second kappa shape index (κ2) is 6.05. The van der Waals surface area contributed by atoms with Crippen molar-refractivity contribution in [3.8, 4) is 0 Å². The number of carboxylic acid groups (broad SMARTS) is 1. The Balaban J connectivity index is 2.16. The smallest absolute Gasteiger partial charge is 0.328 e. The van der Waals surface area contributed by atoms with Gasteiger partial charge in [0.05, 0.1) is 5.69 Å². The van der Waals surface area contributed by atoms with Gasteiger partial charge in [0.1, 0.15) is 0 Å². The molecule has 1 aliphatic heterocycles. The number of anilines is 1. The fraction of sp³-hybridized carbons (Fsp3) is 0.357. The van der Waals surface area contributed by atoms with Gasteiger partial charge in [-0.25, -0.2) is 4.79 Å². The Hall–Kier alpha value is -1.29. The fourth-order valence-corrected chi connectivity index (χ4v) is 2.83. The lowest BCUT2D eigenvalue weighted by atomic mass is 10.1. The summed E-state index contributed by atoms with van der Waals surface area (Å²) in [5, 5.41) is 8.60. The van der Waals surface area contributed by atoms with E-state index in [1.165, 1.54) is 24.9 Å². The number of carbonyl (C=O) groups is 1. The lowest BCUT2D eigenvalue weighted by Gasteiger charge is -2.29. The maximum Gasteiger partial charge on any atom is 0.328 e. The van der Waals surface area contributed by atoms with Crippen molar-refractivity contribution < 1.29 is 9.90 Å². The van der Waals surface area contributed by atoms with Crippen molar-refractivity contribution in [2.45, 2.75) is 19.3 Å². The zero-order valence-electron chi connectivity index (χ0n) is 10.1. The van der Waals surface area contributed by atoms with Crippen LogP contribution >= 0.6 is 15.9 Å². The highest BCUT2D eigenvalue weighted by atomic mass is 79.9. The molecule has 18 heavy (non-hydrogen) atoms. The molecular formula is C14H16BrNO2. The number of benzene rings is 1. The van der Waals surface area contributed by atoms with Gasteiger partial charge in [0.25, 0.3) is 0 Å². The van der Waals surface area contributed by atoms with Gasteiger partial charge in [-0.2, -0.15) is 0 Å². The van der Waals surface area contributed by atoms with Gasteiger partial charge in [0.2, 0.25) is 0 Å². The second-order valence-electron chi connectivity index (χ2n) is 4.43. The van der Waals surface area contributed by atoms with Crippen LogP contribution in [0.4, 0.5) is 5.69 Å². The van der Waals surface area contributed by atoms with Gasteiger partial charge in [0, 0.05) is 23.6 Å². The Kier molecular flexibility index (Phi) is 4.42. The molecule has 0 saturated carbocycles.